The lowest BCUT2D eigenvalue weighted by Crippen LogP contribution is -2.52. The molecule has 0 bridgehead atoms. The molecule has 3 aliphatic rings. The van der Waals surface area contributed by atoms with E-state index >= 15 is 0 Å². The van der Waals surface area contributed by atoms with Gasteiger partial charge in [-0.05, 0) is 51.4 Å². The van der Waals surface area contributed by atoms with Gasteiger partial charge in [0.2, 0.25) is 11.8 Å². The van der Waals surface area contributed by atoms with Crippen molar-refractivity contribution in [1.82, 2.24) is 15.5 Å². The van der Waals surface area contributed by atoms with Gasteiger partial charge in [0.1, 0.15) is 6.04 Å². The molecule has 2 saturated heterocycles. The minimum atomic E-state index is -0.407. The molecule has 4 atom stereocenters. The summed E-state index contributed by atoms with van der Waals surface area (Å²) < 4.78 is 0. The fraction of sp³-hybridized carbons (Fsp3) is 0.882. The highest BCUT2D eigenvalue weighted by Gasteiger charge is 2.38. The number of nitrogens with one attached hydrogen (secondary N) is 2. The van der Waals surface area contributed by atoms with E-state index < -0.39 is 6.04 Å². The van der Waals surface area contributed by atoms with Gasteiger partial charge in [-0.2, -0.15) is 0 Å². The van der Waals surface area contributed by atoms with Crippen LogP contribution in [-0.4, -0.2) is 47.9 Å². The number of nitrogens with zero attached hydrogens (tertiary/aromatic N) is 1. The number of piperidine rings is 1. The predicted molar refractivity (Wildman–Crippen MR) is 92.6 cm³/mol. The van der Waals surface area contributed by atoms with Crippen molar-refractivity contribution in [3.8, 4) is 0 Å². The van der Waals surface area contributed by atoms with Crippen LogP contribution in [0.1, 0.15) is 58.3 Å². The second-order valence-corrected chi connectivity index (χ2v) is 7.22. The van der Waals surface area contributed by atoms with Crippen molar-refractivity contribution in [2.24, 2.45) is 5.92 Å². The Balaban J connectivity index is 0.00000192. The molecule has 132 valence electrons. The van der Waals surface area contributed by atoms with Gasteiger partial charge < -0.3 is 15.5 Å². The molecular weight excluding hydrogens is 314 g/mol. The van der Waals surface area contributed by atoms with Gasteiger partial charge >= 0.3 is 0 Å². The lowest BCUT2D eigenvalue weighted by atomic mass is 9.85. The predicted octanol–water partition coefficient (Wildman–Crippen LogP) is 1.85. The molecule has 0 radical (unpaired) electrons. The van der Waals surface area contributed by atoms with Crippen LogP contribution in [0.5, 0.6) is 0 Å². The molecule has 6 heteroatoms. The summed E-state index contributed by atoms with van der Waals surface area (Å²) in [6.07, 6.45) is 9.30. The summed E-state index contributed by atoms with van der Waals surface area (Å²) in [5.74, 6) is 0.730. The van der Waals surface area contributed by atoms with E-state index in [1.54, 1.807) is 0 Å². The van der Waals surface area contributed by atoms with Gasteiger partial charge in [0.25, 0.3) is 0 Å². The van der Waals surface area contributed by atoms with E-state index in [0.29, 0.717) is 12.0 Å². The molecule has 1 saturated carbocycles. The molecule has 2 aliphatic heterocycles. The zero-order chi connectivity index (χ0) is 15.5. The highest BCUT2D eigenvalue weighted by atomic mass is 35.5. The van der Waals surface area contributed by atoms with E-state index in [-0.39, 0.29) is 30.3 Å². The first-order valence-electron chi connectivity index (χ1n) is 9.00. The van der Waals surface area contributed by atoms with E-state index in [0.717, 1.165) is 32.4 Å². The molecule has 2 N–H and O–H groups in total. The van der Waals surface area contributed by atoms with E-state index in [9.17, 15) is 9.59 Å². The van der Waals surface area contributed by atoms with Crippen LogP contribution in [0, 0.1) is 5.92 Å². The summed E-state index contributed by atoms with van der Waals surface area (Å²) in [5, 5.41) is 6.42. The first kappa shape index (κ1) is 18.5. The van der Waals surface area contributed by atoms with Gasteiger partial charge in [0.05, 0.1) is 6.04 Å². The number of fused-ring (bicyclic) bond motifs is 1. The fourth-order valence-electron chi connectivity index (χ4n) is 4.29. The number of halogens is 1. The summed E-state index contributed by atoms with van der Waals surface area (Å²) in [5.41, 5.74) is 0. The summed E-state index contributed by atoms with van der Waals surface area (Å²) in [6, 6.07) is -0.00247. The van der Waals surface area contributed by atoms with Crippen LogP contribution in [-0.2, 0) is 9.59 Å². The summed E-state index contributed by atoms with van der Waals surface area (Å²) in [4.78, 5) is 26.7. The van der Waals surface area contributed by atoms with Crippen LogP contribution in [0.2, 0.25) is 0 Å². The fourth-order valence-corrected chi connectivity index (χ4v) is 4.29. The molecular formula is C17H30ClN3O2. The number of hydrogen-bond acceptors (Lipinski definition) is 3. The number of carbonyl (C=O) groups excluding carboxylic acids is 2. The molecule has 3 rings (SSSR count). The zero-order valence-corrected chi connectivity index (χ0v) is 14.9. The molecule has 1 aliphatic carbocycles. The van der Waals surface area contributed by atoms with E-state index in [2.05, 4.69) is 10.6 Å². The lowest BCUT2D eigenvalue weighted by molar-refractivity contribution is -0.137. The second-order valence-electron chi connectivity index (χ2n) is 7.22. The van der Waals surface area contributed by atoms with Crippen LogP contribution in [0.3, 0.4) is 0 Å². The van der Waals surface area contributed by atoms with Gasteiger partial charge in [-0.1, -0.05) is 12.8 Å². The Bertz CT molecular complexity index is 412. The molecule has 0 spiro atoms. The molecule has 3 fully saturated rings. The molecule has 23 heavy (non-hydrogen) atoms. The Morgan fingerprint density at radius 3 is 2.48 bits per heavy atom. The van der Waals surface area contributed by atoms with E-state index in [1.807, 2.05) is 11.8 Å². The van der Waals surface area contributed by atoms with Gasteiger partial charge in [-0.15, -0.1) is 12.4 Å². The number of hydrogen-bond donors (Lipinski definition) is 2. The zero-order valence-electron chi connectivity index (χ0n) is 14.1. The van der Waals surface area contributed by atoms with Crippen molar-refractivity contribution >= 4 is 24.2 Å². The van der Waals surface area contributed by atoms with Gasteiger partial charge in [-0.25, -0.2) is 0 Å². The smallest absolute Gasteiger partial charge is 0.244 e. The SMILES string of the molecule is CC(NC(=O)C1CC2CCCCC2N1)C(=O)N1CCCCC1.Cl. The lowest BCUT2D eigenvalue weighted by Gasteiger charge is -2.29. The van der Waals surface area contributed by atoms with Crippen molar-refractivity contribution < 1.29 is 9.59 Å². The number of carbonyl (C=O) groups is 2. The minimum absolute atomic E-state index is 0. The molecule has 0 aromatic carbocycles. The Labute approximate surface area is 145 Å². The third-order valence-electron chi connectivity index (χ3n) is 5.58. The van der Waals surface area contributed by atoms with Gasteiger partial charge in [0.15, 0.2) is 0 Å². The van der Waals surface area contributed by atoms with Crippen LogP contribution in [0.25, 0.3) is 0 Å². The van der Waals surface area contributed by atoms with Crippen molar-refractivity contribution in [2.45, 2.75) is 76.4 Å². The third-order valence-corrected chi connectivity index (χ3v) is 5.58. The van der Waals surface area contributed by atoms with Crippen LogP contribution < -0.4 is 10.6 Å². The maximum atomic E-state index is 12.4. The second kappa shape index (κ2) is 8.34. The Hall–Kier alpha value is -0.810. The average Bonchev–Trinajstić information content (AvgIpc) is 2.99. The Morgan fingerprint density at radius 1 is 1.09 bits per heavy atom. The molecule has 0 aromatic rings. The van der Waals surface area contributed by atoms with Crippen molar-refractivity contribution in [3.63, 3.8) is 0 Å². The topological polar surface area (TPSA) is 61.4 Å². The molecule has 5 nitrogen and oxygen atoms in total. The van der Waals surface area contributed by atoms with Crippen molar-refractivity contribution in [1.29, 1.82) is 0 Å². The minimum Gasteiger partial charge on any atom is -0.343 e. The highest BCUT2D eigenvalue weighted by molar-refractivity contribution is 5.89. The third kappa shape index (κ3) is 4.38. The molecule has 2 amide bonds. The molecule has 2 heterocycles. The highest BCUT2D eigenvalue weighted by Crippen LogP contribution is 2.33. The van der Waals surface area contributed by atoms with Gasteiger partial charge in [-0.3, -0.25) is 9.59 Å². The first-order chi connectivity index (χ1) is 10.6. The molecule has 0 aromatic heterocycles. The van der Waals surface area contributed by atoms with E-state index in [4.69, 9.17) is 0 Å². The summed E-state index contributed by atoms with van der Waals surface area (Å²) in [6.45, 7) is 3.49. The number of amides is 2. The van der Waals surface area contributed by atoms with Crippen LogP contribution >= 0.6 is 12.4 Å². The van der Waals surface area contributed by atoms with Crippen LogP contribution in [0.15, 0.2) is 0 Å². The monoisotopic (exact) mass is 343 g/mol. The van der Waals surface area contributed by atoms with E-state index in [1.165, 1.54) is 32.1 Å². The average molecular weight is 344 g/mol. The Kier molecular flexibility index (Phi) is 6.72. The molecule has 4 unspecified atom stereocenters. The summed E-state index contributed by atoms with van der Waals surface area (Å²) >= 11 is 0. The van der Waals surface area contributed by atoms with Crippen molar-refractivity contribution in [3.05, 3.63) is 0 Å². The maximum absolute atomic E-state index is 12.4. The largest absolute Gasteiger partial charge is 0.343 e. The quantitative estimate of drug-likeness (QED) is 0.822. The summed E-state index contributed by atoms with van der Waals surface area (Å²) in [7, 11) is 0. The number of rotatable bonds is 3. The first-order valence-corrected chi connectivity index (χ1v) is 9.00. The van der Waals surface area contributed by atoms with Crippen molar-refractivity contribution in [2.75, 3.05) is 13.1 Å². The normalized spacial score (nSPS) is 31.7. The van der Waals surface area contributed by atoms with Gasteiger partial charge in [0, 0.05) is 19.1 Å². The maximum Gasteiger partial charge on any atom is 0.244 e. The number of likely N-dealkylation sites (tertiary alicyclic amines) is 1. The Morgan fingerprint density at radius 2 is 1.78 bits per heavy atom. The standard InChI is InChI=1S/C17H29N3O2.ClH/c1-12(17(22)20-9-5-2-6-10-20)18-16(21)15-11-13-7-3-4-8-14(13)19-15;/h12-15,19H,2-11H2,1H3,(H,18,21);1H. The van der Waals surface area contributed by atoms with Crippen LogP contribution in [0.4, 0.5) is 0 Å².